The number of hydrogen-bond donors (Lipinski definition) is 1. The molecule has 186 valence electrons. The summed E-state index contributed by atoms with van der Waals surface area (Å²) in [6.07, 6.45) is 3.85. The number of rotatable bonds is 9. The molecule has 0 aliphatic carbocycles. The Morgan fingerprint density at radius 3 is 2.47 bits per heavy atom. The van der Waals surface area contributed by atoms with E-state index in [0.29, 0.717) is 27.6 Å². The molecule has 3 aromatic rings. The van der Waals surface area contributed by atoms with Gasteiger partial charge in [-0.1, -0.05) is 11.6 Å². The number of ether oxygens (including phenoxy) is 2. The third-order valence-corrected chi connectivity index (χ3v) is 6.04. The first kappa shape index (κ1) is 25.0. The first-order valence-electron chi connectivity index (χ1n) is 11.4. The van der Waals surface area contributed by atoms with Gasteiger partial charge in [-0.3, -0.25) is 14.9 Å². The summed E-state index contributed by atoms with van der Waals surface area (Å²) in [5.74, 6) is 0.395. The van der Waals surface area contributed by atoms with Crippen LogP contribution in [-0.2, 0) is 6.61 Å². The van der Waals surface area contributed by atoms with Crippen LogP contribution < -0.4 is 19.8 Å². The number of carbonyl (C=O) groups excluding carboxylic acids is 1. The number of non-ortho nitro benzene ring substituents is 1. The maximum Gasteiger partial charge on any atom is 0.271 e. The number of hydrogen-bond acceptors (Lipinski definition) is 7. The molecule has 0 bridgehead atoms. The van der Waals surface area contributed by atoms with Crippen molar-refractivity contribution in [2.45, 2.75) is 19.4 Å². The van der Waals surface area contributed by atoms with Crippen LogP contribution in [0.3, 0.4) is 0 Å². The zero-order valence-corrected chi connectivity index (χ0v) is 20.4. The molecule has 10 heteroatoms. The highest BCUT2D eigenvalue weighted by molar-refractivity contribution is 6.32. The Bertz CT molecular complexity index is 1260. The molecule has 1 heterocycles. The van der Waals surface area contributed by atoms with Gasteiger partial charge in [0.15, 0.2) is 11.5 Å². The van der Waals surface area contributed by atoms with Crippen LogP contribution >= 0.6 is 11.6 Å². The molecule has 0 radical (unpaired) electrons. The van der Waals surface area contributed by atoms with E-state index in [4.69, 9.17) is 21.1 Å². The number of amides is 1. The van der Waals surface area contributed by atoms with Crippen LogP contribution in [0, 0.1) is 10.1 Å². The van der Waals surface area contributed by atoms with Gasteiger partial charge in [-0.25, -0.2) is 5.43 Å². The maximum atomic E-state index is 12.4. The van der Waals surface area contributed by atoms with Gasteiger partial charge in [0.05, 0.1) is 23.3 Å². The molecular weight excluding hydrogens is 484 g/mol. The number of nitro groups is 1. The summed E-state index contributed by atoms with van der Waals surface area (Å²) in [6, 6.07) is 16.8. The van der Waals surface area contributed by atoms with E-state index in [1.54, 1.807) is 36.4 Å². The minimum atomic E-state index is -0.460. The summed E-state index contributed by atoms with van der Waals surface area (Å²) < 4.78 is 11.2. The minimum Gasteiger partial charge on any atom is -0.493 e. The highest BCUT2D eigenvalue weighted by atomic mass is 35.5. The van der Waals surface area contributed by atoms with Crippen molar-refractivity contribution in [2.24, 2.45) is 5.10 Å². The summed E-state index contributed by atoms with van der Waals surface area (Å²) in [5, 5.41) is 15.1. The largest absolute Gasteiger partial charge is 0.493 e. The lowest BCUT2D eigenvalue weighted by molar-refractivity contribution is -0.384. The molecule has 4 rings (SSSR count). The Balaban J connectivity index is 1.37. The summed E-state index contributed by atoms with van der Waals surface area (Å²) in [5.41, 5.74) is 5.49. The Morgan fingerprint density at radius 2 is 1.83 bits per heavy atom. The lowest BCUT2D eigenvalue weighted by Gasteiger charge is -2.17. The molecule has 0 atom stereocenters. The van der Waals surface area contributed by atoms with Crippen LogP contribution in [-0.4, -0.2) is 37.2 Å². The van der Waals surface area contributed by atoms with Crippen molar-refractivity contribution in [2.75, 3.05) is 25.1 Å². The molecule has 0 aromatic heterocycles. The fourth-order valence-corrected chi connectivity index (χ4v) is 4.13. The molecule has 1 saturated heterocycles. The Morgan fingerprint density at radius 1 is 1.14 bits per heavy atom. The molecule has 3 aromatic carbocycles. The van der Waals surface area contributed by atoms with E-state index in [1.807, 2.05) is 12.1 Å². The van der Waals surface area contributed by atoms with Crippen LogP contribution in [0.2, 0.25) is 5.02 Å². The van der Waals surface area contributed by atoms with Gasteiger partial charge >= 0.3 is 0 Å². The third kappa shape index (κ3) is 6.11. The standard InChI is InChI=1S/C26H25ClN4O5/c1-35-24-15-19(14-23(27)25(24)36-17-18-4-8-22(9-5-18)31(33)34)16-28-29-26(32)20-6-10-21(11-7-20)30-12-2-3-13-30/h4-11,14-16H,2-3,12-13,17H2,1H3,(H,29,32)/b28-16-. The van der Waals surface area contributed by atoms with Crippen molar-refractivity contribution in [3.63, 3.8) is 0 Å². The van der Waals surface area contributed by atoms with Crippen molar-refractivity contribution in [1.82, 2.24) is 5.43 Å². The SMILES string of the molecule is COc1cc(/C=N\NC(=O)c2ccc(N3CCCC3)cc2)cc(Cl)c1OCc1ccc([N+](=O)[O-])cc1. The van der Waals surface area contributed by atoms with Gasteiger partial charge in [0.2, 0.25) is 0 Å². The summed E-state index contributed by atoms with van der Waals surface area (Å²) in [7, 11) is 1.49. The highest BCUT2D eigenvalue weighted by Gasteiger charge is 2.14. The van der Waals surface area contributed by atoms with Gasteiger partial charge in [-0.2, -0.15) is 5.10 Å². The lowest BCUT2D eigenvalue weighted by Crippen LogP contribution is -2.19. The van der Waals surface area contributed by atoms with Gasteiger partial charge < -0.3 is 14.4 Å². The quantitative estimate of drug-likeness (QED) is 0.242. The van der Waals surface area contributed by atoms with E-state index in [-0.39, 0.29) is 18.2 Å². The zero-order valence-electron chi connectivity index (χ0n) is 19.6. The number of nitro benzene ring substituents is 1. The number of methoxy groups -OCH3 is 1. The van der Waals surface area contributed by atoms with E-state index in [0.717, 1.165) is 24.3 Å². The molecule has 0 spiro atoms. The van der Waals surface area contributed by atoms with Gasteiger partial charge in [-0.15, -0.1) is 0 Å². The fourth-order valence-electron chi connectivity index (χ4n) is 3.85. The molecule has 1 aliphatic rings. The molecular formula is C26H25ClN4O5. The number of halogens is 1. The average Bonchev–Trinajstić information content (AvgIpc) is 3.43. The first-order valence-corrected chi connectivity index (χ1v) is 11.7. The van der Waals surface area contributed by atoms with Gasteiger partial charge in [-0.05, 0) is 72.5 Å². The van der Waals surface area contributed by atoms with Crippen molar-refractivity contribution >= 4 is 35.1 Å². The van der Waals surface area contributed by atoms with Crippen molar-refractivity contribution < 1.29 is 19.2 Å². The van der Waals surface area contributed by atoms with Gasteiger partial charge in [0.1, 0.15) is 6.61 Å². The van der Waals surface area contributed by atoms with Crippen LogP contribution in [0.5, 0.6) is 11.5 Å². The fraction of sp³-hybridized carbons (Fsp3) is 0.231. The molecule has 1 fully saturated rings. The normalized spacial score (nSPS) is 13.1. The summed E-state index contributed by atoms with van der Waals surface area (Å²) in [6.45, 7) is 2.24. The minimum absolute atomic E-state index is 0.00388. The molecule has 1 N–H and O–H groups in total. The van der Waals surface area contributed by atoms with Gasteiger partial charge in [0, 0.05) is 36.5 Å². The Labute approximate surface area is 213 Å². The lowest BCUT2D eigenvalue weighted by atomic mass is 10.2. The summed E-state index contributed by atoms with van der Waals surface area (Å²) >= 11 is 6.41. The topological polar surface area (TPSA) is 106 Å². The first-order chi connectivity index (χ1) is 17.4. The van der Waals surface area contributed by atoms with Crippen molar-refractivity contribution in [3.8, 4) is 11.5 Å². The predicted molar refractivity (Wildman–Crippen MR) is 138 cm³/mol. The number of hydrazone groups is 1. The number of anilines is 1. The Hall–Kier alpha value is -4.11. The second-order valence-electron chi connectivity index (χ2n) is 8.19. The van der Waals surface area contributed by atoms with Gasteiger partial charge in [0.25, 0.3) is 11.6 Å². The zero-order chi connectivity index (χ0) is 25.5. The van der Waals surface area contributed by atoms with Crippen molar-refractivity contribution in [1.29, 1.82) is 0 Å². The number of nitrogens with one attached hydrogen (secondary N) is 1. The number of carbonyl (C=O) groups is 1. The van der Waals surface area contributed by atoms with E-state index < -0.39 is 4.92 Å². The van der Waals surface area contributed by atoms with E-state index in [1.165, 1.54) is 38.3 Å². The van der Waals surface area contributed by atoms with E-state index in [2.05, 4.69) is 15.4 Å². The highest BCUT2D eigenvalue weighted by Crippen LogP contribution is 2.36. The van der Waals surface area contributed by atoms with Crippen LogP contribution in [0.15, 0.2) is 65.8 Å². The van der Waals surface area contributed by atoms with E-state index >= 15 is 0 Å². The number of benzene rings is 3. The number of nitrogens with zero attached hydrogens (tertiary/aromatic N) is 3. The molecule has 0 saturated carbocycles. The second-order valence-corrected chi connectivity index (χ2v) is 8.59. The Kier molecular flexibility index (Phi) is 8.02. The third-order valence-electron chi connectivity index (χ3n) is 5.76. The predicted octanol–water partition coefficient (Wildman–Crippen LogP) is 5.20. The monoisotopic (exact) mass is 508 g/mol. The van der Waals surface area contributed by atoms with Crippen LogP contribution in [0.25, 0.3) is 0 Å². The van der Waals surface area contributed by atoms with E-state index in [9.17, 15) is 14.9 Å². The molecule has 1 amide bonds. The smallest absolute Gasteiger partial charge is 0.271 e. The summed E-state index contributed by atoms with van der Waals surface area (Å²) in [4.78, 5) is 25.1. The molecule has 1 aliphatic heterocycles. The average molecular weight is 509 g/mol. The second kappa shape index (κ2) is 11.5. The molecule has 0 unspecified atom stereocenters. The van der Waals surface area contributed by atoms with Crippen molar-refractivity contribution in [3.05, 3.63) is 92.5 Å². The molecule has 36 heavy (non-hydrogen) atoms. The maximum absolute atomic E-state index is 12.4. The van der Waals surface area contributed by atoms with Crippen LogP contribution in [0.1, 0.15) is 34.3 Å². The molecule has 9 nitrogen and oxygen atoms in total. The van der Waals surface area contributed by atoms with Crippen LogP contribution in [0.4, 0.5) is 11.4 Å².